The third kappa shape index (κ3) is 4.25. The monoisotopic (exact) mass is 257 g/mol. The van der Waals surface area contributed by atoms with E-state index in [4.69, 9.17) is 4.74 Å². The Balaban J connectivity index is 2.53. The number of nitrogens with one attached hydrogen (secondary N) is 1. The summed E-state index contributed by atoms with van der Waals surface area (Å²) in [5.74, 6) is 0.179. The van der Waals surface area contributed by atoms with Gasteiger partial charge in [-0.3, -0.25) is 4.79 Å². The van der Waals surface area contributed by atoms with Gasteiger partial charge in [0.2, 0.25) is 5.91 Å². The van der Waals surface area contributed by atoms with E-state index in [0.717, 1.165) is 25.7 Å². The van der Waals surface area contributed by atoms with Gasteiger partial charge in [0.05, 0.1) is 12.1 Å². The third-order valence-electron chi connectivity index (χ3n) is 3.91. The average Bonchev–Trinajstić information content (AvgIpc) is 2.40. The van der Waals surface area contributed by atoms with Crippen LogP contribution in [-0.2, 0) is 9.53 Å². The number of aliphatic hydroxyl groups is 1. The quantitative estimate of drug-likeness (QED) is 0.732. The van der Waals surface area contributed by atoms with Gasteiger partial charge in [-0.05, 0) is 25.7 Å². The fraction of sp³-hybridized carbons (Fsp3) is 0.929. The van der Waals surface area contributed by atoms with Crippen molar-refractivity contribution in [3.63, 3.8) is 0 Å². The molecule has 1 saturated heterocycles. The van der Waals surface area contributed by atoms with Crippen molar-refractivity contribution in [2.24, 2.45) is 5.92 Å². The van der Waals surface area contributed by atoms with Crippen LogP contribution in [0, 0.1) is 5.92 Å². The number of hydrogen-bond donors (Lipinski definition) is 2. The molecule has 18 heavy (non-hydrogen) atoms. The topological polar surface area (TPSA) is 58.6 Å². The van der Waals surface area contributed by atoms with E-state index >= 15 is 0 Å². The molecule has 0 saturated carbocycles. The number of amides is 1. The molecule has 0 aliphatic carbocycles. The highest BCUT2D eigenvalue weighted by Gasteiger charge is 2.34. The minimum atomic E-state index is -0.449. The summed E-state index contributed by atoms with van der Waals surface area (Å²) in [7, 11) is 0. The smallest absolute Gasteiger partial charge is 0.223 e. The second-order valence-electron chi connectivity index (χ2n) is 5.29. The lowest BCUT2D eigenvalue weighted by Crippen LogP contribution is -2.56. The van der Waals surface area contributed by atoms with E-state index < -0.39 is 5.54 Å². The van der Waals surface area contributed by atoms with E-state index in [-0.39, 0.29) is 18.4 Å². The Kier molecular flexibility index (Phi) is 6.65. The van der Waals surface area contributed by atoms with Crippen LogP contribution in [0.5, 0.6) is 0 Å². The van der Waals surface area contributed by atoms with Crippen LogP contribution in [0.4, 0.5) is 0 Å². The van der Waals surface area contributed by atoms with Crippen LogP contribution in [0.2, 0.25) is 0 Å². The molecule has 1 heterocycles. The molecule has 4 nitrogen and oxygen atoms in total. The second kappa shape index (κ2) is 7.74. The predicted molar refractivity (Wildman–Crippen MR) is 71.3 cm³/mol. The molecule has 1 aliphatic rings. The zero-order valence-electron chi connectivity index (χ0n) is 11.7. The molecule has 1 fully saturated rings. The highest BCUT2D eigenvalue weighted by molar-refractivity contribution is 5.79. The number of unbranched alkanes of at least 4 members (excludes halogenated alkanes) is 1. The van der Waals surface area contributed by atoms with Crippen LogP contribution in [0.1, 0.15) is 52.4 Å². The zero-order valence-corrected chi connectivity index (χ0v) is 11.7. The van der Waals surface area contributed by atoms with E-state index in [9.17, 15) is 9.90 Å². The molecule has 4 heteroatoms. The van der Waals surface area contributed by atoms with Gasteiger partial charge < -0.3 is 15.2 Å². The van der Waals surface area contributed by atoms with Crippen molar-refractivity contribution in [2.75, 3.05) is 19.8 Å². The maximum Gasteiger partial charge on any atom is 0.223 e. The summed E-state index contributed by atoms with van der Waals surface area (Å²) in [6, 6.07) is 0. The molecule has 106 valence electrons. The van der Waals surface area contributed by atoms with Crippen molar-refractivity contribution in [3.05, 3.63) is 0 Å². The summed E-state index contributed by atoms with van der Waals surface area (Å²) in [4.78, 5) is 12.2. The Morgan fingerprint density at radius 1 is 1.39 bits per heavy atom. The maximum absolute atomic E-state index is 12.2. The van der Waals surface area contributed by atoms with Crippen LogP contribution in [-0.4, -0.2) is 36.4 Å². The van der Waals surface area contributed by atoms with Gasteiger partial charge in [0.1, 0.15) is 0 Å². The molecule has 0 aromatic rings. The maximum atomic E-state index is 12.2. The Labute approximate surface area is 110 Å². The third-order valence-corrected chi connectivity index (χ3v) is 3.91. The fourth-order valence-electron chi connectivity index (χ4n) is 2.42. The van der Waals surface area contributed by atoms with Crippen molar-refractivity contribution in [1.29, 1.82) is 0 Å². The molecule has 0 spiro atoms. The minimum Gasteiger partial charge on any atom is -0.394 e. The van der Waals surface area contributed by atoms with E-state index in [1.807, 2.05) is 0 Å². The van der Waals surface area contributed by atoms with E-state index in [2.05, 4.69) is 19.2 Å². The van der Waals surface area contributed by atoms with Crippen LogP contribution < -0.4 is 5.32 Å². The van der Waals surface area contributed by atoms with Crippen LogP contribution >= 0.6 is 0 Å². The molecule has 1 aliphatic heterocycles. The highest BCUT2D eigenvalue weighted by atomic mass is 16.5. The van der Waals surface area contributed by atoms with Crippen LogP contribution in [0.3, 0.4) is 0 Å². The van der Waals surface area contributed by atoms with Crippen molar-refractivity contribution >= 4 is 5.91 Å². The molecular formula is C14H27NO3. The first-order valence-electron chi connectivity index (χ1n) is 7.18. The lowest BCUT2D eigenvalue weighted by Gasteiger charge is -2.37. The van der Waals surface area contributed by atoms with Crippen molar-refractivity contribution in [3.8, 4) is 0 Å². The molecule has 2 N–H and O–H groups in total. The summed E-state index contributed by atoms with van der Waals surface area (Å²) in [5.41, 5.74) is -0.449. The van der Waals surface area contributed by atoms with Gasteiger partial charge in [-0.2, -0.15) is 0 Å². The highest BCUT2D eigenvalue weighted by Crippen LogP contribution is 2.22. The largest absolute Gasteiger partial charge is 0.394 e. The summed E-state index contributed by atoms with van der Waals surface area (Å²) in [6.07, 6.45) is 5.42. The van der Waals surface area contributed by atoms with Crippen molar-refractivity contribution in [1.82, 2.24) is 5.32 Å². The Hall–Kier alpha value is -0.610. The van der Waals surface area contributed by atoms with E-state index in [1.165, 1.54) is 0 Å². The first kappa shape index (κ1) is 15.4. The summed E-state index contributed by atoms with van der Waals surface area (Å²) in [6.45, 7) is 5.43. The van der Waals surface area contributed by atoms with Gasteiger partial charge in [-0.1, -0.05) is 26.7 Å². The fourth-order valence-corrected chi connectivity index (χ4v) is 2.42. The average molecular weight is 257 g/mol. The molecule has 1 amide bonds. The number of carbonyl (C=O) groups excluding carboxylic acids is 1. The standard InChI is InChI=1S/C14H27NO3/c1-3-5-6-12(4-2)13(17)15-14(11-16)7-9-18-10-8-14/h12,16H,3-11H2,1-2H3,(H,15,17). The number of rotatable bonds is 7. The molecular weight excluding hydrogens is 230 g/mol. The number of ether oxygens (including phenoxy) is 1. The number of aliphatic hydroxyl groups excluding tert-OH is 1. The Morgan fingerprint density at radius 2 is 2.06 bits per heavy atom. The SMILES string of the molecule is CCCCC(CC)C(=O)NC1(CO)CCOCC1. The molecule has 0 aromatic carbocycles. The Bertz CT molecular complexity index is 249. The second-order valence-corrected chi connectivity index (χ2v) is 5.29. The first-order chi connectivity index (χ1) is 8.67. The Morgan fingerprint density at radius 3 is 2.56 bits per heavy atom. The van der Waals surface area contributed by atoms with Crippen molar-refractivity contribution < 1.29 is 14.6 Å². The lowest BCUT2D eigenvalue weighted by atomic mass is 9.89. The summed E-state index contributed by atoms with van der Waals surface area (Å²) < 4.78 is 5.30. The van der Waals surface area contributed by atoms with E-state index in [0.29, 0.717) is 26.1 Å². The van der Waals surface area contributed by atoms with E-state index in [1.54, 1.807) is 0 Å². The molecule has 1 atom stereocenters. The van der Waals surface area contributed by atoms with Gasteiger partial charge in [0.25, 0.3) is 0 Å². The van der Waals surface area contributed by atoms with Gasteiger partial charge in [0.15, 0.2) is 0 Å². The number of carbonyl (C=O) groups is 1. The molecule has 0 aromatic heterocycles. The number of hydrogen-bond acceptors (Lipinski definition) is 3. The minimum absolute atomic E-state index is 0.00626. The van der Waals surface area contributed by atoms with Gasteiger partial charge in [0, 0.05) is 19.1 Å². The van der Waals surface area contributed by atoms with Crippen LogP contribution in [0.15, 0.2) is 0 Å². The predicted octanol–water partition coefficient (Wildman–Crippen LogP) is 1.86. The van der Waals surface area contributed by atoms with Gasteiger partial charge in [-0.15, -0.1) is 0 Å². The normalized spacial score (nSPS) is 20.4. The first-order valence-corrected chi connectivity index (χ1v) is 7.18. The van der Waals surface area contributed by atoms with Gasteiger partial charge in [-0.25, -0.2) is 0 Å². The van der Waals surface area contributed by atoms with Crippen LogP contribution in [0.25, 0.3) is 0 Å². The zero-order chi connectivity index (χ0) is 13.4. The molecule has 0 radical (unpaired) electrons. The summed E-state index contributed by atoms with van der Waals surface area (Å²) >= 11 is 0. The van der Waals surface area contributed by atoms with Gasteiger partial charge >= 0.3 is 0 Å². The molecule has 1 unspecified atom stereocenters. The lowest BCUT2D eigenvalue weighted by molar-refractivity contribution is -0.129. The molecule has 0 bridgehead atoms. The summed E-state index contributed by atoms with van der Waals surface area (Å²) in [5, 5.41) is 12.6. The molecule has 1 rings (SSSR count). The van der Waals surface area contributed by atoms with Crippen molar-refractivity contribution in [2.45, 2.75) is 57.9 Å².